The second kappa shape index (κ2) is 6.49. The van der Waals surface area contributed by atoms with Crippen molar-refractivity contribution in [2.24, 2.45) is 0 Å². The van der Waals surface area contributed by atoms with Gasteiger partial charge in [0, 0.05) is 18.9 Å². The maximum atomic E-state index is 4.12. The number of hydrogen-bond acceptors (Lipinski definition) is 1. The molecule has 0 spiro atoms. The highest BCUT2D eigenvalue weighted by molar-refractivity contribution is 7.73. The van der Waals surface area contributed by atoms with Gasteiger partial charge in [0.15, 0.2) is 0 Å². The van der Waals surface area contributed by atoms with Gasteiger partial charge in [-0.15, -0.1) is 0 Å². The molecule has 1 heterocycles. The predicted molar refractivity (Wildman–Crippen MR) is 86.2 cm³/mol. The summed E-state index contributed by atoms with van der Waals surface area (Å²) in [5.74, 6) is 0. The number of hydrogen-bond donors (Lipinski definition) is 0. The van der Waals surface area contributed by atoms with Crippen LogP contribution in [0.15, 0.2) is 79.4 Å². The molecule has 0 radical (unpaired) electrons. The van der Waals surface area contributed by atoms with Crippen molar-refractivity contribution in [3.05, 3.63) is 79.4 Å². The van der Waals surface area contributed by atoms with Crippen LogP contribution in [-0.2, 0) is 6.54 Å². The summed E-state index contributed by atoms with van der Waals surface area (Å²) in [6, 6.07) is 21.7. The predicted octanol–water partition coefficient (Wildman–Crippen LogP) is 3.02. The third-order valence-electron chi connectivity index (χ3n) is 3.28. The van der Waals surface area contributed by atoms with Gasteiger partial charge in [0.2, 0.25) is 0 Å². The molecule has 100 valence electrons. The molecule has 0 amide bonds. The maximum absolute atomic E-state index is 4.12. The number of aryl methyl sites for hydroxylation is 1. The number of aromatic nitrogens is 2. The molecule has 0 fully saturated rings. The Labute approximate surface area is 120 Å². The Morgan fingerprint density at radius 3 is 1.95 bits per heavy atom. The molecule has 3 aromatic rings. The lowest BCUT2D eigenvalue weighted by molar-refractivity contribution is 0.768. The van der Waals surface area contributed by atoms with Crippen molar-refractivity contribution in [1.29, 1.82) is 0 Å². The van der Waals surface area contributed by atoms with Crippen molar-refractivity contribution in [2.45, 2.75) is 6.54 Å². The number of nitrogens with zero attached hydrogens (tertiary/aromatic N) is 2. The summed E-state index contributed by atoms with van der Waals surface area (Å²) < 4.78 is 2.15. The van der Waals surface area contributed by atoms with Crippen molar-refractivity contribution < 1.29 is 0 Å². The van der Waals surface area contributed by atoms with Crippen molar-refractivity contribution >= 4 is 18.5 Å². The van der Waals surface area contributed by atoms with E-state index in [1.807, 2.05) is 18.7 Å². The van der Waals surface area contributed by atoms with Crippen molar-refractivity contribution in [1.82, 2.24) is 9.55 Å². The maximum Gasteiger partial charge on any atom is 0.0946 e. The zero-order valence-corrected chi connectivity index (χ0v) is 12.2. The fourth-order valence-corrected chi connectivity index (χ4v) is 4.57. The van der Waals surface area contributed by atoms with E-state index in [0.29, 0.717) is 0 Å². The molecule has 0 bridgehead atoms. The molecule has 3 rings (SSSR count). The summed E-state index contributed by atoms with van der Waals surface area (Å²) in [5, 5.41) is 2.88. The molecule has 0 aliphatic carbocycles. The van der Waals surface area contributed by atoms with Crippen molar-refractivity contribution in [3.63, 3.8) is 0 Å². The first-order chi connectivity index (χ1) is 9.93. The fraction of sp³-hybridized carbons (Fsp3) is 0.118. The van der Waals surface area contributed by atoms with Crippen LogP contribution in [0.4, 0.5) is 0 Å². The molecule has 0 unspecified atom stereocenters. The Bertz CT molecular complexity index is 581. The van der Waals surface area contributed by atoms with Crippen LogP contribution >= 0.6 is 7.92 Å². The van der Waals surface area contributed by atoms with Gasteiger partial charge in [0.05, 0.1) is 6.33 Å². The summed E-state index contributed by atoms with van der Waals surface area (Å²) in [6.07, 6.45) is 6.90. The van der Waals surface area contributed by atoms with E-state index in [1.54, 1.807) is 0 Å². The highest BCUT2D eigenvalue weighted by Gasteiger charge is 2.12. The topological polar surface area (TPSA) is 17.8 Å². The third kappa shape index (κ3) is 3.15. The van der Waals surface area contributed by atoms with E-state index in [-0.39, 0.29) is 7.92 Å². The van der Waals surface area contributed by atoms with Gasteiger partial charge in [-0.3, -0.25) is 0 Å². The van der Waals surface area contributed by atoms with Gasteiger partial charge >= 0.3 is 0 Å². The zero-order valence-electron chi connectivity index (χ0n) is 11.3. The van der Waals surface area contributed by atoms with Crippen LogP contribution in [-0.4, -0.2) is 15.7 Å². The van der Waals surface area contributed by atoms with Gasteiger partial charge in [-0.2, -0.15) is 0 Å². The quantitative estimate of drug-likeness (QED) is 0.657. The molecule has 20 heavy (non-hydrogen) atoms. The Balaban J connectivity index is 1.84. The second-order valence-electron chi connectivity index (χ2n) is 4.62. The van der Waals surface area contributed by atoms with Crippen molar-refractivity contribution in [2.75, 3.05) is 6.16 Å². The normalized spacial score (nSPS) is 10.8. The molecule has 0 saturated heterocycles. The molecule has 3 heteroatoms. The van der Waals surface area contributed by atoms with E-state index in [9.17, 15) is 0 Å². The van der Waals surface area contributed by atoms with Gasteiger partial charge < -0.3 is 4.57 Å². The van der Waals surface area contributed by atoms with E-state index in [2.05, 4.69) is 70.2 Å². The molecule has 0 saturated carbocycles. The number of rotatable bonds is 5. The molecule has 0 aliphatic heterocycles. The molecule has 2 nitrogen and oxygen atoms in total. The molecule has 1 aromatic heterocycles. The van der Waals surface area contributed by atoms with Crippen LogP contribution in [0.3, 0.4) is 0 Å². The summed E-state index contributed by atoms with van der Waals surface area (Å²) in [5.41, 5.74) is 0. The minimum Gasteiger partial charge on any atom is -0.337 e. The smallest absolute Gasteiger partial charge is 0.0946 e. The number of imidazole rings is 1. The zero-order chi connectivity index (χ0) is 13.6. The minimum absolute atomic E-state index is 0.304. The first-order valence-electron chi connectivity index (χ1n) is 6.77. The first kappa shape index (κ1) is 13.1. The summed E-state index contributed by atoms with van der Waals surface area (Å²) in [4.78, 5) is 4.12. The van der Waals surface area contributed by atoms with Gasteiger partial charge in [0.25, 0.3) is 0 Å². The van der Waals surface area contributed by atoms with E-state index in [1.165, 1.54) is 10.6 Å². The average Bonchev–Trinajstić information content (AvgIpc) is 3.03. The lowest BCUT2D eigenvalue weighted by Crippen LogP contribution is -2.16. The van der Waals surface area contributed by atoms with E-state index in [0.717, 1.165) is 12.7 Å². The summed E-state index contributed by atoms with van der Waals surface area (Å²) in [7, 11) is -0.304. The minimum atomic E-state index is -0.304. The van der Waals surface area contributed by atoms with Crippen LogP contribution < -0.4 is 10.6 Å². The Hall–Kier alpha value is -1.92. The van der Waals surface area contributed by atoms with Gasteiger partial charge in [-0.25, -0.2) is 4.98 Å². The van der Waals surface area contributed by atoms with Crippen LogP contribution in [0.1, 0.15) is 0 Å². The monoisotopic (exact) mass is 280 g/mol. The Morgan fingerprint density at radius 1 is 0.850 bits per heavy atom. The van der Waals surface area contributed by atoms with Crippen LogP contribution in [0.2, 0.25) is 0 Å². The van der Waals surface area contributed by atoms with Crippen molar-refractivity contribution in [3.8, 4) is 0 Å². The lowest BCUT2D eigenvalue weighted by Gasteiger charge is -2.18. The van der Waals surface area contributed by atoms with Gasteiger partial charge in [0.1, 0.15) is 0 Å². The van der Waals surface area contributed by atoms with Gasteiger partial charge in [-0.1, -0.05) is 60.7 Å². The Morgan fingerprint density at radius 2 is 1.45 bits per heavy atom. The molecule has 0 aliphatic rings. The second-order valence-corrected chi connectivity index (χ2v) is 6.96. The molecular weight excluding hydrogens is 263 g/mol. The third-order valence-corrected chi connectivity index (χ3v) is 5.77. The molecule has 0 N–H and O–H groups in total. The van der Waals surface area contributed by atoms with E-state index >= 15 is 0 Å². The standard InChI is InChI=1S/C17H17N2P/c1-3-7-16(8-4-1)20(17-9-5-2-6-10-17)14-13-19-12-11-18-15-19/h1-12,15H,13-14H2. The largest absolute Gasteiger partial charge is 0.337 e. The van der Waals surface area contributed by atoms with Gasteiger partial charge in [-0.05, 0) is 24.7 Å². The highest BCUT2D eigenvalue weighted by Crippen LogP contribution is 2.33. The molecular formula is C17H17N2P. The van der Waals surface area contributed by atoms with Crippen LogP contribution in [0.5, 0.6) is 0 Å². The van der Waals surface area contributed by atoms with Crippen LogP contribution in [0.25, 0.3) is 0 Å². The molecule has 0 atom stereocenters. The number of benzene rings is 2. The SMILES string of the molecule is c1ccc(P(CCn2ccnc2)c2ccccc2)cc1. The summed E-state index contributed by atoms with van der Waals surface area (Å²) in [6.45, 7) is 1.01. The van der Waals surface area contributed by atoms with E-state index < -0.39 is 0 Å². The van der Waals surface area contributed by atoms with E-state index in [4.69, 9.17) is 0 Å². The fourth-order valence-electron chi connectivity index (χ4n) is 2.26. The first-order valence-corrected chi connectivity index (χ1v) is 8.29. The molecule has 2 aromatic carbocycles. The average molecular weight is 280 g/mol. The Kier molecular flexibility index (Phi) is 4.25. The highest BCUT2D eigenvalue weighted by atomic mass is 31.1. The summed E-state index contributed by atoms with van der Waals surface area (Å²) >= 11 is 0. The lowest BCUT2D eigenvalue weighted by atomic mass is 10.4. The van der Waals surface area contributed by atoms with Crippen LogP contribution in [0, 0.1) is 0 Å².